The van der Waals surface area contributed by atoms with E-state index in [1.54, 1.807) is 54.6 Å². The predicted molar refractivity (Wildman–Crippen MR) is 103 cm³/mol. The standard InChI is InChI=1S/C19H13Cl2N3O3/c20-13-8-7-11(10-14(13)21)4-3-9-24-15-6-2-1-5-12(15)19(17(24)26)16(25)22-18(27)23-19/h1-8,10H,9H2,(H2,22,23,25,27)/t19-/m0/s1. The van der Waals surface area contributed by atoms with Crippen molar-refractivity contribution >= 4 is 52.8 Å². The number of imide groups is 1. The molecule has 1 saturated heterocycles. The summed E-state index contributed by atoms with van der Waals surface area (Å²) in [7, 11) is 0. The number of rotatable bonds is 3. The number of urea groups is 1. The van der Waals surface area contributed by atoms with Crippen molar-refractivity contribution in [2.24, 2.45) is 0 Å². The van der Waals surface area contributed by atoms with Crippen molar-refractivity contribution in [2.75, 3.05) is 11.4 Å². The molecule has 27 heavy (non-hydrogen) atoms. The van der Waals surface area contributed by atoms with Gasteiger partial charge in [-0.05, 0) is 23.8 Å². The Morgan fingerprint density at radius 1 is 1.04 bits per heavy atom. The zero-order valence-corrected chi connectivity index (χ0v) is 15.3. The van der Waals surface area contributed by atoms with Gasteiger partial charge in [0, 0.05) is 12.1 Å². The average Bonchev–Trinajstić information content (AvgIpc) is 3.07. The summed E-state index contributed by atoms with van der Waals surface area (Å²) in [6.07, 6.45) is 3.58. The van der Waals surface area contributed by atoms with Crippen molar-refractivity contribution < 1.29 is 14.4 Å². The van der Waals surface area contributed by atoms with Gasteiger partial charge in [0.1, 0.15) is 0 Å². The number of carbonyl (C=O) groups is 3. The fraction of sp³-hybridized carbons (Fsp3) is 0.105. The van der Waals surface area contributed by atoms with Gasteiger partial charge in [0.05, 0.1) is 15.7 Å². The molecule has 136 valence electrons. The average molecular weight is 402 g/mol. The molecule has 1 atom stereocenters. The van der Waals surface area contributed by atoms with Gasteiger partial charge >= 0.3 is 6.03 Å². The Balaban J connectivity index is 1.65. The number of halogens is 2. The van der Waals surface area contributed by atoms with Crippen LogP contribution >= 0.6 is 23.2 Å². The van der Waals surface area contributed by atoms with Gasteiger partial charge < -0.3 is 10.2 Å². The molecular weight excluding hydrogens is 389 g/mol. The topological polar surface area (TPSA) is 78.5 Å². The maximum atomic E-state index is 13.1. The minimum Gasteiger partial charge on any atom is -0.312 e. The van der Waals surface area contributed by atoms with Gasteiger partial charge in [-0.3, -0.25) is 14.9 Å². The van der Waals surface area contributed by atoms with Crippen LogP contribution in [0.25, 0.3) is 6.08 Å². The first-order chi connectivity index (χ1) is 12.9. The summed E-state index contributed by atoms with van der Waals surface area (Å²) in [6, 6.07) is 11.4. The summed E-state index contributed by atoms with van der Waals surface area (Å²) in [5.74, 6) is -1.16. The summed E-state index contributed by atoms with van der Waals surface area (Å²) < 4.78 is 0. The summed E-state index contributed by atoms with van der Waals surface area (Å²) in [5, 5.41) is 5.54. The summed E-state index contributed by atoms with van der Waals surface area (Å²) in [6.45, 7) is 0.223. The number of para-hydroxylation sites is 1. The Morgan fingerprint density at radius 2 is 1.81 bits per heavy atom. The van der Waals surface area contributed by atoms with Crippen LogP contribution in [-0.2, 0) is 15.1 Å². The zero-order valence-electron chi connectivity index (χ0n) is 13.8. The Labute approximate surface area is 164 Å². The molecule has 0 aliphatic carbocycles. The van der Waals surface area contributed by atoms with E-state index in [-0.39, 0.29) is 6.54 Å². The van der Waals surface area contributed by atoms with Crippen molar-refractivity contribution in [1.82, 2.24) is 10.6 Å². The molecule has 0 aromatic heterocycles. The molecule has 1 spiro atoms. The van der Waals surface area contributed by atoms with Gasteiger partial charge in [-0.15, -0.1) is 0 Å². The molecule has 2 heterocycles. The van der Waals surface area contributed by atoms with Crippen LogP contribution in [0.15, 0.2) is 48.5 Å². The maximum Gasteiger partial charge on any atom is 0.323 e. The highest BCUT2D eigenvalue weighted by molar-refractivity contribution is 6.42. The number of anilines is 1. The number of nitrogens with one attached hydrogen (secondary N) is 2. The van der Waals surface area contributed by atoms with Gasteiger partial charge in [-0.1, -0.05) is 59.6 Å². The molecule has 4 amide bonds. The van der Waals surface area contributed by atoms with E-state index in [1.165, 1.54) is 4.90 Å². The number of carbonyl (C=O) groups excluding carboxylic acids is 3. The van der Waals surface area contributed by atoms with Crippen LogP contribution in [0.4, 0.5) is 10.5 Å². The van der Waals surface area contributed by atoms with Crippen LogP contribution in [0.1, 0.15) is 11.1 Å². The first kappa shape index (κ1) is 17.6. The Kier molecular flexibility index (Phi) is 4.17. The fourth-order valence-corrected chi connectivity index (χ4v) is 3.65. The van der Waals surface area contributed by atoms with Crippen molar-refractivity contribution in [3.63, 3.8) is 0 Å². The molecule has 2 aliphatic heterocycles. The van der Waals surface area contributed by atoms with Gasteiger partial charge in [-0.25, -0.2) is 4.79 Å². The van der Waals surface area contributed by atoms with Crippen LogP contribution in [0.3, 0.4) is 0 Å². The van der Waals surface area contributed by atoms with E-state index in [9.17, 15) is 14.4 Å². The molecule has 4 rings (SSSR count). The summed E-state index contributed by atoms with van der Waals surface area (Å²) >= 11 is 11.9. The number of amides is 4. The van der Waals surface area contributed by atoms with Crippen LogP contribution in [0.2, 0.25) is 10.0 Å². The minimum absolute atomic E-state index is 0.223. The molecule has 2 N–H and O–H groups in total. The summed E-state index contributed by atoms with van der Waals surface area (Å²) in [5.41, 5.74) is 0.163. The van der Waals surface area contributed by atoms with E-state index in [0.29, 0.717) is 21.3 Å². The second kappa shape index (κ2) is 6.40. The van der Waals surface area contributed by atoms with Gasteiger partial charge in [0.15, 0.2) is 0 Å². The predicted octanol–water partition coefficient (Wildman–Crippen LogP) is 3.09. The molecule has 0 unspecified atom stereocenters. The highest BCUT2D eigenvalue weighted by Gasteiger charge is 2.60. The lowest BCUT2D eigenvalue weighted by molar-refractivity contribution is -0.133. The fourth-order valence-electron chi connectivity index (χ4n) is 3.34. The number of benzene rings is 2. The Morgan fingerprint density at radius 3 is 2.52 bits per heavy atom. The molecule has 2 aromatic carbocycles. The molecule has 2 aromatic rings. The van der Waals surface area contributed by atoms with Crippen molar-refractivity contribution in [3.8, 4) is 0 Å². The smallest absolute Gasteiger partial charge is 0.312 e. The van der Waals surface area contributed by atoms with E-state index in [2.05, 4.69) is 10.6 Å². The first-order valence-corrected chi connectivity index (χ1v) is 8.86. The van der Waals surface area contributed by atoms with Gasteiger partial charge in [0.2, 0.25) is 5.54 Å². The van der Waals surface area contributed by atoms with Crippen LogP contribution in [-0.4, -0.2) is 24.4 Å². The van der Waals surface area contributed by atoms with Crippen LogP contribution in [0, 0.1) is 0 Å². The molecule has 0 radical (unpaired) electrons. The molecule has 1 fully saturated rings. The van der Waals surface area contributed by atoms with Crippen molar-refractivity contribution in [2.45, 2.75) is 5.54 Å². The SMILES string of the molecule is O=C1NC(=O)[C@]2(N1)C(=O)N(CC=Cc1ccc(Cl)c(Cl)c1)c1ccccc12. The lowest BCUT2D eigenvalue weighted by Crippen LogP contribution is -2.52. The maximum absolute atomic E-state index is 13.1. The highest BCUT2D eigenvalue weighted by atomic mass is 35.5. The molecule has 6 nitrogen and oxygen atoms in total. The van der Waals surface area contributed by atoms with E-state index in [4.69, 9.17) is 23.2 Å². The first-order valence-electron chi connectivity index (χ1n) is 8.10. The number of hydrogen-bond donors (Lipinski definition) is 2. The van der Waals surface area contributed by atoms with E-state index in [0.717, 1.165) is 5.56 Å². The van der Waals surface area contributed by atoms with E-state index in [1.807, 2.05) is 0 Å². The molecule has 0 saturated carbocycles. The number of fused-ring (bicyclic) bond motifs is 2. The third-order valence-corrected chi connectivity index (χ3v) is 5.31. The molecular formula is C19H13Cl2N3O3. The second-order valence-corrected chi connectivity index (χ2v) is 6.98. The zero-order chi connectivity index (χ0) is 19.2. The molecule has 2 aliphatic rings. The molecule has 8 heteroatoms. The van der Waals surface area contributed by atoms with Crippen LogP contribution in [0.5, 0.6) is 0 Å². The highest BCUT2D eigenvalue weighted by Crippen LogP contribution is 2.41. The second-order valence-electron chi connectivity index (χ2n) is 6.17. The van der Waals surface area contributed by atoms with E-state index < -0.39 is 23.4 Å². The van der Waals surface area contributed by atoms with Crippen molar-refractivity contribution in [3.05, 3.63) is 69.7 Å². The van der Waals surface area contributed by atoms with Crippen molar-refractivity contribution in [1.29, 1.82) is 0 Å². The third kappa shape index (κ3) is 2.69. The van der Waals surface area contributed by atoms with Gasteiger partial charge in [-0.2, -0.15) is 0 Å². The lowest BCUT2D eigenvalue weighted by atomic mass is 9.92. The Hall–Kier alpha value is -2.83. The minimum atomic E-state index is -1.70. The monoisotopic (exact) mass is 401 g/mol. The summed E-state index contributed by atoms with van der Waals surface area (Å²) in [4.78, 5) is 38.6. The molecule has 0 bridgehead atoms. The number of nitrogens with zero attached hydrogens (tertiary/aromatic N) is 1. The number of hydrogen-bond acceptors (Lipinski definition) is 3. The lowest BCUT2D eigenvalue weighted by Gasteiger charge is -2.20. The third-order valence-electron chi connectivity index (χ3n) is 4.58. The normalized spacial score (nSPS) is 21.1. The quantitative estimate of drug-likeness (QED) is 0.612. The van der Waals surface area contributed by atoms with Crippen LogP contribution < -0.4 is 15.5 Å². The Bertz CT molecular complexity index is 1020. The largest absolute Gasteiger partial charge is 0.323 e. The van der Waals surface area contributed by atoms with E-state index >= 15 is 0 Å². The van der Waals surface area contributed by atoms with Gasteiger partial charge in [0.25, 0.3) is 11.8 Å².